The van der Waals surface area contributed by atoms with Crippen molar-refractivity contribution in [2.24, 2.45) is 5.14 Å². The third kappa shape index (κ3) is 4.25. The maximum absolute atomic E-state index is 11.8. The number of ether oxygens (including phenoxy) is 1. The van der Waals surface area contributed by atoms with Crippen LogP contribution in [0.5, 0.6) is 5.75 Å². The highest BCUT2D eigenvalue weighted by molar-refractivity contribution is 7.89. The maximum atomic E-state index is 11.8. The minimum Gasteiger partial charge on any atom is -0.410 e. The van der Waals surface area contributed by atoms with Crippen molar-refractivity contribution in [1.82, 2.24) is 0 Å². The zero-order valence-corrected chi connectivity index (χ0v) is 12.3. The van der Waals surface area contributed by atoms with Crippen LogP contribution in [0.1, 0.15) is 0 Å². The van der Waals surface area contributed by atoms with Crippen molar-refractivity contribution >= 4 is 27.5 Å². The first-order valence-corrected chi connectivity index (χ1v) is 7.67. The summed E-state index contributed by atoms with van der Waals surface area (Å²) in [5.74, 6) is 0.0567. The number of nitrogens with zero attached hydrogens (tertiary/aromatic N) is 1. The van der Waals surface area contributed by atoms with E-state index >= 15 is 0 Å². The topological polar surface area (TPSA) is 142 Å². The molecule has 0 atom stereocenters. The van der Waals surface area contributed by atoms with Gasteiger partial charge in [-0.1, -0.05) is 12.1 Å². The normalized spacial score (nSPS) is 10.8. The lowest BCUT2D eigenvalue weighted by atomic mass is 10.3. The number of nitrogens with two attached hydrogens (primary N) is 1. The van der Waals surface area contributed by atoms with Gasteiger partial charge in [0.1, 0.15) is 10.6 Å². The standard InChI is InChI=1S/C13H11N3O6S/c14-23(20,21)12-4-2-1-3-11(12)15-13(17)22-10-7-5-9(6-8-10)16(18)19/h1-8H,(H,15,17)(H2,14,20,21). The summed E-state index contributed by atoms with van der Waals surface area (Å²) in [7, 11) is -4.01. The van der Waals surface area contributed by atoms with Crippen LogP contribution in [-0.2, 0) is 10.0 Å². The van der Waals surface area contributed by atoms with E-state index in [9.17, 15) is 23.3 Å². The molecule has 0 aliphatic carbocycles. The number of amides is 1. The third-order valence-corrected chi connectivity index (χ3v) is 3.66. The summed E-state index contributed by atoms with van der Waals surface area (Å²) >= 11 is 0. The summed E-state index contributed by atoms with van der Waals surface area (Å²) in [6, 6.07) is 10.4. The molecule has 0 saturated carbocycles. The van der Waals surface area contributed by atoms with E-state index in [2.05, 4.69) is 5.32 Å². The fourth-order valence-corrected chi connectivity index (χ4v) is 2.39. The minimum atomic E-state index is -4.01. The molecule has 0 bridgehead atoms. The second kappa shape index (κ2) is 6.42. The Morgan fingerprint density at radius 1 is 1.13 bits per heavy atom. The molecule has 0 unspecified atom stereocenters. The highest BCUT2D eigenvalue weighted by Gasteiger charge is 2.16. The van der Waals surface area contributed by atoms with Crippen molar-refractivity contribution in [3.63, 3.8) is 0 Å². The molecule has 2 rings (SSSR count). The molecule has 120 valence electrons. The number of carbonyl (C=O) groups is 1. The third-order valence-electron chi connectivity index (χ3n) is 2.69. The van der Waals surface area contributed by atoms with Crippen LogP contribution in [0.15, 0.2) is 53.4 Å². The van der Waals surface area contributed by atoms with Crippen molar-refractivity contribution in [3.8, 4) is 5.75 Å². The monoisotopic (exact) mass is 337 g/mol. The molecule has 10 heteroatoms. The van der Waals surface area contributed by atoms with Crippen LogP contribution < -0.4 is 15.2 Å². The van der Waals surface area contributed by atoms with Crippen LogP contribution >= 0.6 is 0 Å². The van der Waals surface area contributed by atoms with Gasteiger partial charge >= 0.3 is 6.09 Å². The van der Waals surface area contributed by atoms with Gasteiger partial charge in [0.2, 0.25) is 10.0 Å². The molecule has 23 heavy (non-hydrogen) atoms. The van der Waals surface area contributed by atoms with E-state index in [1.165, 1.54) is 48.5 Å². The molecule has 2 aromatic carbocycles. The fraction of sp³-hybridized carbons (Fsp3) is 0. The number of para-hydroxylation sites is 1. The molecule has 1 amide bonds. The van der Waals surface area contributed by atoms with Gasteiger partial charge in [-0.05, 0) is 24.3 Å². The maximum Gasteiger partial charge on any atom is 0.417 e. The summed E-state index contributed by atoms with van der Waals surface area (Å²) in [5, 5.41) is 17.8. The predicted octanol–water partition coefficient (Wildman–Crippen LogP) is 1.85. The molecule has 0 spiro atoms. The van der Waals surface area contributed by atoms with E-state index in [0.29, 0.717) is 0 Å². The average Bonchev–Trinajstić information content (AvgIpc) is 2.47. The van der Waals surface area contributed by atoms with Crippen LogP contribution in [0.4, 0.5) is 16.2 Å². The smallest absolute Gasteiger partial charge is 0.410 e. The molecule has 0 fully saturated rings. The molecule has 0 aromatic heterocycles. The van der Waals surface area contributed by atoms with Crippen LogP contribution in [-0.4, -0.2) is 19.4 Å². The summed E-state index contributed by atoms with van der Waals surface area (Å²) in [6.45, 7) is 0. The predicted molar refractivity (Wildman–Crippen MR) is 80.6 cm³/mol. The molecule has 0 aliphatic heterocycles. The van der Waals surface area contributed by atoms with Gasteiger partial charge in [0, 0.05) is 12.1 Å². The van der Waals surface area contributed by atoms with Gasteiger partial charge < -0.3 is 4.74 Å². The number of rotatable bonds is 4. The molecule has 0 saturated heterocycles. The Labute approximate surface area is 130 Å². The number of nitro benzene ring substituents is 1. The summed E-state index contributed by atoms with van der Waals surface area (Å²) < 4.78 is 27.7. The zero-order valence-electron chi connectivity index (χ0n) is 11.5. The number of nitro groups is 1. The second-order valence-electron chi connectivity index (χ2n) is 4.31. The van der Waals surface area contributed by atoms with E-state index in [1.54, 1.807) is 0 Å². The Hall–Kier alpha value is -2.98. The Kier molecular flexibility index (Phi) is 4.57. The number of hydrogen-bond acceptors (Lipinski definition) is 6. The summed E-state index contributed by atoms with van der Waals surface area (Å²) in [4.78, 5) is 21.4. The molecule has 0 radical (unpaired) electrons. The van der Waals surface area contributed by atoms with Gasteiger partial charge in [-0.2, -0.15) is 0 Å². The summed E-state index contributed by atoms with van der Waals surface area (Å²) in [5.41, 5.74) is -0.195. The first-order valence-electron chi connectivity index (χ1n) is 6.12. The van der Waals surface area contributed by atoms with Crippen molar-refractivity contribution in [3.05, 3.63) is 58.6 Å². The van der Waals surface area contributed by atoms with Crippen LogP contribution in [0, 0.1) is 10.1 Å². The lowest BCUT2D eigenvalue weighted by molar-refractivity contribution is -0.384. The average molecular weight is 337 g/mol. The molecular formula is C13H11N3O6S. The second-order valence-corrected chi connectivity index (χ2v) is 5.84. The quantitative estimate of drug-likeness (QED) is 0.644. The first kappa shape index (κ1) is 16.4. The number of nitrogens with one attached hydrogen (secondary N) is 1. The number of hydrogen-bond donors (Lipinski definition) is 2. The number of benzene rings is 2. The number of primary sulfonamides is 1. The van der Waals surface area contributed by atoms with Crippen molar-refractivity contribution in [2.45, 2.75) is 4.90 Å². The highest BCUT2D eigenvalue weighted by Crippen LogP contribution is 2.21. The Morgan fingerprint density at radius 3 is 2.30 bits per heavy atom. The molecule has 0 aliphatic rings. The van der Waals surface area contributed by atoms with Crippen molar-refractivity contribution in [1.29, 1.82) is 0 Å². The van der Waals surface area contributed by atoms with Crippen LogP contribution in [0.3, 0.4) is 0 Å². The van der Waals surface area contributed by atoms with Gasteiger partial charge in [-0.15, -0.1) is 0 Å². The van der Waals surface area contributed by atoms with Crippen LogP contribution in [0.2, 0.25) is 0 Å². The van der Waals surface area contributed by atoms with E-state index < -0.39 is 21.0 Å². The van der Waals surface area contributed by atoms with Crippen LogP contribution in [0.25, 0.3) is 0 Å². The molecule has 2 aromatic rings. The van der Waals surface area contributed by atoms with Gasteiger partial charge in [-0.25, -0.2) is 18.4 Å². The highest BCUT2D eigenvalue weighted by atomic mass is 32.2. The molecular weight excluding hydrogens is 326 g/mol. The number of sulfonamides is 1. The van der Waals surface area contributed by atoms with Gasteiger partial charge in [-0.3, -0.25) is 15.4 Å². The lowest BCUT2D eigenvalue weighted by Gasteiger charge is -2.09. The largest absolute Gasteiger partial charge is 0.417 e. The first-order chi connectivity index (χ1) is 10.8. The Balaban J connectivity index is 2.13. The number of carbonyl (C=O) groups excluding carboxylic acids is 1. The van der Waals surface area contributed by atoms with Crippen molar-refractivity contribution in [2.75, 3.05) is 5.32 Å². The Morgan fingerprint density at radius 2 is 1.74 bits per heavy atom. The number of anilines is 1. The lowest BCUT2D eigenvalue weighted by Crippen LogP contribution is -2.20. The minimum absolute atomic E-state index is 0.0399. The molecule has 0 heterocycles. The van der Waals surface area contributed by atoms with Crippen molar-refractivity contribution < 1.29 is 22.9 Å². The SMILES string of the molecule is NS(=O)(=O)c1ccccc1NC(=O)Oc1ccc([N+](=O)[O-])cc1. The van der Waals surface area contributed by atoms with Gasteiger partial charge in [0.05, 0.1) is 10.6 Å². The van der Waals surface area contributed by atoms with Gasteiger partial charge in [0.25, 0.3) is 5.69 Å². The zero-order chi connectivity index (χ0) is 17.0. The van der Waals surface area contributed by atoms with E-state index in [1.807, 2.05) is 0 Å². The summed E-state index contributed by atoms with van der Waals surface area (Å²) in [6.07, 6.45) is -0.963. The Bertz CT molecular complexity index is 848. The molecule has 9 nitrogen and oxygen atoms in total. The molecule has 3 N–H and O–H groups in total. The van der Waals surface area contributed by atoms with E-state index in [-0.39, 0.29) is 22.0 Å². The van der Waals surface area contributed by atoms with E-state index in [0.717, 1.165) is 0 Å². The fourth-order valence-electron chi connectivity index (χ4n) is 1.70. The van der Waals surface area contributed by atoms with E-state index in [4.69, 9.17) is 9.88 Å². The number of non-ortho nitro benzene ring substituents is 1. The van der Waals surface area contributed by atoms with Gasteiger partial charge in [0.15, 0.2) is 0 Å².